The number of methoxy groups -OCH3 is 1. The fourth-order valence-corrected chi connectivity index (χ4v) is 3.59. The molecule has 4 rings (SSSR count). The van der Waals surface area contributed by atoms with Crippen LogP contribution in [0.4, 0.5) is 26.1 Å². The van der Waals surface area contributed by atoms with Crippen molar-refractivity contribution in [2.24, 2.45) is 7.05 Å². The number of pyridine rings is 1. The van der Waals surface area contributed by atoms with Crippen LogP contribution in [0.3, 0.4) is 0 Å². The van der Waals surface area contributed by atoms with E-state index in [2.05, 4.69) is 20.6 Å². The molecule has 2 aromatic carbocycles. The molecule has 0 saturated carbocycles. The quantitative estimate of drug-likeness (QED) is 0.306. The van der Waals surface area contributed by atoms with E-state index < -0.39 is 17.2 Å². The number of rotatable bonds is 9. The van der Waals surface area contributed by atoms with Gasteiger partial charge in [-0.1, -0.05) is 6.08 Å². The zero-order chi connectivity index (χ0) is 28.1. The highest BCUT2D eigenvalue weighted by Gasteiger charge is 2.15. The first-order valence-corrected chi connectivity index (χ1v) is 11.7. The standard InChI is InChI=1S/C27H26F2N6O4/c1-34(2)11-5-6-24(36)31-18-8-10-22(38-4)20(14-18)32-27-30-15-16-12-23(26(37)35(3)25(16)33-27)39-21-9-7-17(28)13-19(21)29/h5-10,12-15H,11H2,1-4H3,(H,31,36)(H,30,32,33)/b6-5+. The number of ether oxygens (including phenoxy) is 2. The lowest BCUT2D eigenvalue weighted by molar-refractivity contribution is -0.111. The van der Waals surface area contributed by atoms with E-state index in [9.17, 15) is 18.4 Å². The van der Waals surface area contributed by atoms with E-state index in [0.717, 1.165) is 12.1 Å². The summed E-state index contributed by atoms with van der Waals surface area (Å²) in [7, 11) is 6.78. The smallest absolute Gasteiger partial charge is 0.294 e. The molecule has 0 aliphatic rings. The van der Waals surface area contributed by atoms with Crippen molar-refractivity contribution in [2.75, 3.05) is 38.4 Å². The van der Waals surface area contributed by atoms with Crippen molar-refractivity contribution in [2.45, 2.75) is 0 Å². The predicted octanol–water partition coefficient (Wildman–Crippen LogP) is 4.21. The highest BCUT2D eigenvalue weighted by Crippen LogP contribution is 2.30. The van der Waals surface area contributed by atoms with Crippen molar-refractivity contribution in [1.29, 1.82) is 0 Å². The fraction of sp³-hybridized carbons (Fsp3) is 0.185. The number of hydrogen-bond acceptors (Lipinski definition) is 8. The SMILES string of the molecule is COc1ccc(NC(=O)/C=C/CN(C)C)cc1Nc1ncc2cc(Oc3ccc(F)cc3F)c(=O)n(C)c2n1. The number of benzene rings is 2. The Balaban J connectivity index is 1.59. The van der Waals surface area contributed by atoms with Crippen molar-refractivity contribution in [3.05, 3.63) is 82.8 Å². The molecule has 0 aliphatic heterocycles. The van der Waals surface area contributed by atoms with Crippen LogP contribution in [-0.4, -0.2) is 53.1 Å². The molecular weight excluding hydrogens is 510 g/mol. The Labute approximate surface area is 222 Å². The minimum Gasteiger partial charge on any atom is -0.495 e. The highest BCUT2D eigenvalue weighted by atomic mass is 19.1. The normalized spacial score (nSPS) is 11.3. The van der Waals surface area contributed by atoms with E-state index in [1.165, 1.54) is 37.1 Å². The van der Waals surface area contributed by atoms with E-state index in [0.29, 0.717) is 35.1 Å². The number of amides is 1. The summed E-state index contributed by atoms with van der Waals surface area (Å²) in [5.74, 6) is -1.83. The van der Waals surface area contributed by atoms with Crippen LogP contribution in [0.1, 0.15) is 0 Å². The number of carbonyl (C=O) groups is 1. The van der Waals surface area contributed by atoms with Gasteiger partial charge in [0.25, 0.3) is 5.56 Å². The third kappa shape index (κ3) is 6.54. The molecule has 0 spiro atoms. The Hall–Kier alpha value is -4.84. The molecule has 12 heteroatoms. The molecule has 202 valence electrons. The van der Waals surface area contributed by atoms with Crippen LogP contribution in [-0.2, 0) is 11.8 Å². The van der Waals surface area contributed by atoms with Crippen molar-refractivity contribution >= 4 is 34.3 Å². The van der Waals surface area contributed by atoms with Gasteiger partial charge in [-0.3, -0.25) is 14.2 Å². The second-order valence-electron chi connectivity index (χ2n) is 8.72. The van der Waals surface area contributed by atoms with E-state index in [4.69, 9.17) is 9.47 Å². The first kappa shape index (κ1) is 27.2. The average molecular weight is 537 g/mol. The lowest BCUT2D eigenvalue weighted by atomic mass is 10.2. The van der Waals surface area contributed by atoms with Gasteiger partial charge in [0.15, 0.2) is 17.3 Å². The Bertz CT molecular complexity index is 1620. The molecular formula is C27H26F2N6O4. The second kappa shape index (κ2) is 11.7. The third-order valence-corrected chi connectivity index (χ3v) is 5.48. The van der Waals surface area contributed by atoms with Crippen LogP contribution in [0.15, 0.2) is 65.6 Å². The number of halogens is 2. The molecule has 10 nitrogen and oxygen atoms in total. The van der Waals surface area contributed by atoms with E-state index in [-0.39, 0.29) is 29.0 Å². The van der Waals surface area contributed by atoms with Crippen molar-refractivity contribution in [1.82, 2.24) is 19.4 Å². The summed E-state index contributed by atoms with van der Waals surface area (Å²) in [5, 5.41) is 6.27. The number of nitrogens with one attached hydrogen (secondary N) is 2. The molecule has 39 heavy (non-hydrogen) atoms. The van der Waals surface area contributed by atoms with Gasteiger partial charge in [-0.15, -0.1) is 0 Å². The van der Waals surface area contributed by atoms with Crippen molar-refractivity contribution < 1.29 is 23.0 Å². The van der Waals surface area contributed by atoms with Gasteiger partial charge >= 0.3 is 0 Å². The molecule has 0 radical (unpaired) electrons. The Morgan fingerprint density at radius 1 is 1.10 bits per heavy atom. The number of aromatic nitrogens is 3. The average Bonchev–Trinajstić information content (AvgIpc) is 2.89. The number of fused-ring (bicyclic) bond motifs is 1. The number of nitrogens with zero attached hydrogens (tertiary/aromatic N) is 4. The minimum atomic E-state index is -0.940. The van der Waals surface area contributed by atoms with E-state index in [1.54, 1.807) is 24.3 Å². The lowest BCUT2D eigenvalue weighted by Crippen LogP contribution is -2.19. The Kier molecular flexibility index (Phi) is 8.15. The maximum absolute atomic E-state index is 14.0. The van der Waals surface area contributed by atoms with Gasteiger partial charge in [-0.2, -0.15) is 4.98 Å². The first-order valence-electron chi connectivity index (χ1n) is 11.7. The van der Waals surface area contributed by atoms with Crippen molar-refractivity contribution in [3.8, 4) is 17.2 Å². The summed E-state index contributed by atoms with van der Waals surface area (Å²) in [6, 6.07) is 9.21. The fourth-order valence-electron chi connectivity index (χ4n) is 3.59. The number of aryl methyl sites for hydroxylation is 1. The second-order valence-corrected chi connectivity index (χ2v) is 8.72. The lowest BCUT2D eigenvalue weighted by Gasteiger charge is -2.14. The number of likely N-dealkylation sites (N-methyl/N-ethyl adjacent to an activating group) is 1. The third-order valence-electron chi connectivity index (χ3n) is 5.48. The summed E-state index contributed by atoms with van der Waals surface area (Å²) in [4.78, 5) is 35.8. The van der Waals surface area contributed by atoms with Crippen LogP contribution < -0.4 is 25.7 Å². The van der Waals surface area contributed by atoms with E-state index >= 15 is 0 Å². The Morgan fingerprint density at radius 2 is 1.87 bits per heavy atom. The molecule has 0 atom stereocenters. The number of carbonyl (C=O) groups excluding carboxylic acids is 1. The monoisotopic (exact) mass is 536 g/mol. The van der Waals surface area contributed by atoms with Crippen LogP contribution in [0.2, 0.25) is 0 Å². The molecule has 0 saturated heterocycles. The molecule has 0 fully saturated rings. The van der Waals surface area contributed by atoms with Crippen LogP contribution in [0, 0.1) is 11.6 Å². The van der Waals surface area contributed by atoms with Gasteiger partial charge in [0, 0.05) is 43.0 Å². The van der Waals surface area contributed by atoms with Crippen LogP contribution in [0.25, 0.3) is 11.0 Å². The maximum Gasteiger partial charge on any atom is 0.294 e. The van der Waals surface area contributed by atoms with Gasteiger partial charge in [-0.25, -0.2) is 13.8 Å². The zero-order valence-electron chi connectivity index (χ0n) is 21.7. The molecule has 2 N–H and O–H groups in total. The molecule has 0 bridgehead atoms. The van der Waals surface area contributed by atoms with Gasteiger partial charge in [-0.05, 0) is 50.5 Å². The number of anilines is 3. The highest BCUT2D eigenvalue weighted by molar-refractivity contribution is 5.99. The molecule has 4 aromatic rings. The first-order chi connectivity index (χ1) is 18.6. The largest absolute Gasteiger partial charge is 0.495 e. The minimum absolute atomic E-state index is 0.156. The summed E-state index contributed by atoms with van der Waals surface area (Å²) in [6.07, 6.45) is 4.66. The summed E-state index contributed by atoms with van der Waals surface area (Å²) in [6.45, 7) is 0.626. The summed E-state index contributed by atoms with van der Waals surface area (Å²) >= 11 is 0. The van der Waals surface area contributed by atoms with Gasteiger partial charge in [0.05, 0.1) is 12.8 Å². The van der Waals surface area contributed by atoms with Gasteiger partial charge < -0.3 is 25.0 Å². The molecule has 1 amide bonds. The van der Waals surface area contributed by atoms with Gasteiger partial charge in [0.1, 0.15) is 17.2 Å². The topological polar surface area (TPSA) is 111 Å². The van der Waals surface area contributed by atoms with Crippen molar-refractivity contribution in [3.63, 3.8) is 0 Å². The molecule has 2 aromatic heterocycles. The zero-order valence-corrected chi connectivity index (χ0v) is 21.7. The molecule has 0 aliphatic carbocycles. The molecule has 0 unspecified atom stereocenters. The van der Waals surface area contributed by atoms with Crippen LogP contribution in [0.5, 0.6) is 17.2 Å². The molecule has 2 heterocycles. The van der Waals surface area contributed by atoms with Gasteiger partial charge in [0.2, 0.25) is 11.9 Å². The summed E-state index contributed by atoms with van der Waals surface area (Å²) < 4.78 is 39.3. The summed E-state index contributed by atoms with van der Waals surface area (Å²) in [5.41, 5.74) is 0.684. The van der Waals surface area contributed by atoms with Crippen LogP contribution >= 0.6 is 0 Å². The number of hydrogen-bond donors (Lipinski definition) is 2. The Morgan fingerprint density at radius 3 is 2.59 bits per heavy atom. The predicted molar refractivity (Wildman–Crippen MR) is 144 cm³/mol. The van der Waals surface area contributed by atoms with E-state index in [1.807, 2.05) is 19.0 Å². The maximum atomic E-state index is 14.0.